The van der Waals surface area contributed by atoms with E-state index in [2.05, 4.69) is 4.99 Å². The second-order valence-corrected chi connectivity index (χ2v) is 6.34. The molecule has 1 heterocycles. The van der Waals surface area contributed by atoms with Crippen molar-refractivity contribution in [1.82, 2.24) is 0 Å². The van der Waals surface area contributed by atoms with E-state index >= 15 is 0 Å². The van der Waals surface area contributed by atoms with Crippen LogP contribution in [0.2, 0.25) is 0 Å². The van der Waals surface area contributed by atoms with Crippen LogP contribution < -0.4 is 4.90 Å². The van der Waals surface area contributed by atoms with Crippen molar-refractivity contribution in [2.45, 2.75) is 6.18 Å². The number of phenolic OH excluding ortho intramolecular Hbond substituents is 2. The van der Waals surface area contributed by atoms with Crippen LogP contribution in [0.15, 0.2) is 71.7 Å². The highest BCUT2D eigenvalue weighted by molar-refractivity contribution is 6.56. The molecule has 0 aromatic heterocycles. The van der Waals surface area contributed by atoms with Crippen LogP contribution in [-0.4, -0.2) is 21.8 Å². The average molecular weight is 398 g/mol. The molecule has 0 saturated heterocycles. The van der Waals surface area contributed by atoms with Gasteiger partial charge in [-0.05, 0) is 36.4 Å². The largest absolute Gasteiger partial charge is 0.508 e. The average Bonchev–Trinajstić information content (AvgIpc) is 2.94. The molecule has 0 unspecified atom stereocenters. The number of para-hydroxylation sites is 1. The fraction of sp³-hybridized carbons (Fsp3) is 0.0476. The third-order valence-corrected chi connectivity index (χ3v) is 4.42. The maximum absolute atomic E-state index is 13.1. The lowest BCUT2D eigenvalue weighted by atomic mass is 10.1. The predicted molar refractivity (Wildman–Crippen MR) is 101 cm³/mol. The van der Waals surface area contributed by atoms with Crippen molar-refractivity contribution >= 4 is 28.7 Å². The summed E-state index contributed by atoms with van der Waals surface area (Å²) in [6, 6.07) is 14.8. The summed E-state index contributed by atoms with van der Waals surface area (Å²) in [6.07, 6.45) is -4.53. The van der Waals surface area contributed by atoms with Gasteiger partial charge in [0.05, 0.1) is 22.6 Å². The molecule has 1 aliphatic rings. The monoisotopic (exact) mass is 398 g/mol. The van der Waals surface area contributed by atoms with Crippen molar-refractivity contribution in [1.29, 1.82) is 0 Å². The van der Waals surface area contributed by atoms with Gasteiger partial charge >= 0.3 is 6.18 Å². The first-order valence-corrected chi connectivity index (χ1v) is 8.47. The van der Waals surface area contributed by atoms with Gasteiger partial charge < -0.3 is 10.2 Å². The van der Waals surface area contributed by atoms with E-state index in [1.807, 2.05) is 0 Å². The van der Waals surface area contributed by atoms with Crippen molar-refractivity contribution < 1.29 is 28.2 Å². The Balaban J connectivity index is 1.84. The van der Waals surface area contributed by atoms with E-state index in [4.69, 9.17) is 0 Å². The second-order valence-electron chi connectivity index (χ2n) is 6.34. The summed E-state index contributed by atoms with van der Waals surface area (Å²) in [4.78, 5) is 18.5. The number of nitrogens with zero attached hydrogens (tertiary/aromatic N) is 2. The van der Waals surface area contributed by atoms with Crippen molar-refractivity contribution in [2.75, 3.05) is 4.90 Å². The molecule has 1 aliphatic heterocycles. The zero-order valence-corrected chi connectivity index (χ0v) is 14.7. The molecule has 3 aromatic carbocycles. The summed E-state index contributed by atoms with van der Waals surface area (Å²) in [6.45, 7) is 0. The summed E-state index contributed by atoms with van der Waals surface area (Å²) in [5.74, 6) is -1.11. The number of anilines is 2. The fourth-order valence-corrected chi connectivity index (χ4v) is 3.13. The summed E-state index contributed by atoms with van der Waals surface area (Å²) < 4.78 is 39.0. The van der Waals surface area contributed by atoms with Crippen LogP contribution in [0.25, 0.3) is 0 Å². The Morgan fingerprint density at radius 2 is 1.62 bits per heavy atom. The zero-order valence-electron chi connectivity index (χ0n) is 14.7. The number of amides is 1. The van der Waals surface area contributed by atoms with Crippen LogP contribution >= 0.6 is 0 Å². The molecule has 0 fully saturated rings. The second kappa shape index (κ2) is 6.66. The van der Waals surface area contributed by atoms with Gasteiger partial charge in [-0.3, -0.25) is 9.69 Å². The van der Waals surface area contributed by atoms with Crippen molar-refractivity contribution in [3.63, 3.8) is 0 Å². The molecule has 4 rings (SSSR count). The predicted octanol–water partition coefficient (Wildman–Crippen LogP) is 4.92. The van der Waals surface area contributed by atoms with E-state index in [9.17, 15) is 28.2 Å². The van der Waals surface area contributed by atoms with E-state index in [0.717, 1.165) is 18.2 Å². The van der Waals surface area contributed by atoms with Gasteiger partial charge in [-0.15, -0.1) is 0 Å². The number of phenols is 2. The van der Waals surface area contributed by atoms with Crippen LogP contribution in [-0.2, 0) is 11.0 Å². The molecule has 0 aliphatic carbocycles. The molecular formula is C21H13F3N2O3. The van der Waals surface area contributed by atoms with Crippen LogP contribution in [0.4, 0.5) is 30.2 Å². The normalized spacial score (nSPS) is 15.1. The van der Waals surface area contributed by atoms with E-state index in [0.29, 0.717) is 11.3 Å². The van der Waals surface area contributed by atoms with Gasteiger partial charge in [0.1, 0.15) is 17.2 Å². The quantitative estimate of drug-likeness (QED) is 0.644. The number of hydrogen-bond donors (Lipinski definition) is 2. The first-order chi connectivity index (χ1) is 13.8. The van der Waals surface area contributed by atoms with E-state index in [-0.39, 0.29) is 28.6 Å². The molecule has 146 valence electrons. The molecule has 0 atom stereocenters. The Kier molecular flexibility index (Phi) is 4.26. The highest BCUT2D eigenvalue weighted by Gasteiger charge is 2.36. The van der Waals surface area contributed by atoms with Crippen LogP contribution in [0.5, 0.6) is 11.5 Å². The fourth-order valence-electron chi connectivity index (χ4n) is 3.13. The van der Waals surface area contributed by atoms with Gasteiger partial charge in [-0.25, -0.2) is 4.99 Å². The lowest BCUT2D eigenvalue weighted by molar-refractivity contribution is -0.137. The number of benzene rings is 3. The zero-order chi connectivity index (χ0) is 20.8. The van der Waals surface area contributed by atoms with Gasteiger partial charge in [0, 0.05) is 11.6 Å². The summed E-state index contributed by atoms with van der Waals surface area (Å²) in [5, 5.41) is 19.7. The van der Waals surface area contributed by atoms with Gasteiger partial charge in [-0.1, -0.05) is 24.3 Å². The third kappa shape index (κ3) is 3.29. The number of rotatable bonds is 2. The smallest absolute Gasteiger partial charge is 0.416 e. The Morgan fingerprint density at radius 3 is 2.34 bits per heavy atom. The summed E-state index contributed by atoms with van der Waals surface area (Å²) in [7, 11) is 0. The molecule has 1 amide bonds. The maximum Gasteiger partial charge on any atom is 0.416 e. The van der Waals surface area contributed by atoms with Gasteiger partial charge in [0.25, 0.3) is 5.91 Å². The molecule has 0 bridgehead atoms. The van der Waals surface area contributed by atoms with E-state index < -0.39 is 17.6 Å². The van der Waals surface area contributed by atoms with Crippen molar-refractivity contribution in [2.24, 2.45) is 4.99 Å². The topological polar surface area (TPSA) is 73.1 Å². The standard InChI is InChI=1S/C21H13F3N2O3/c22-21(23,24)12-4-3-5-13(10-12)25-19-15-6-1-2-7-16(15)26(20(19)29)17-9-8-14(27)11-18(17)28/h1-11,27-28H. The number of aromatic hydroxyl groups is 2. The van der Waals surface area contributed by atoms with Crippen LogP contribution in [0.1, 0.15) is 11.1 Å². The molecule has 8 heteroatoms. The Labute approximate surface area is 163 Å². The number of aliphatic imine (C=N–C) groups is 1. The van der Waals surface area contributed by atoms with Gasteiger partial charge in [0.2, 0.25) is 0 Å². The number of fused-ring (bicyclic) bond motifs is 1. The minimum atomic E-state index is -4.53. The lowest BCUT2D eigenvalue weighted by Crippen LogP contribution is -2.25. The summed E-state index contributed by atoms with van der Waals surface area (Å²) in [5.41, 5.74) is 0.0226. The Morgan fingerprint density at radius 1 is 0.862 bits per heavy atom. The minimum Gasteiger partial charge on any atom is -0.508 e. The summed E-state index contributed by atoms with van der Waals surface area (Å²) >= 11 is 0. The highest BCUT2D eigenvalue weighted by atomic mass is 19.4. The molecule has 0 saturated carbocycles. The molecule has 5 nitrogen and oxygen atoms in total. The maximum atomic E-state index is 13.1. The number of carbonyl (C=O) groups excluding carboxylic acids is 1. The van der Waals surface area contributed by atoms with Gasteiger partial charge in [0.15, 0.2) is 0 Å². The van der Waals surface area contributed by atoms with E-state index in [1.54, 1.807) is 24.3 Å². The number of carbonyl (C=O) groups is 1. The Bertz CT molecular complexity index is 1160. The molecule has 2 N–H and O–H groups in total. The number of hydrogen-bond acceptors (Lipinski definition) is 4. The number of alkyl halides is 3. The Hall–Kier alpha value is -3.81. The van der Waals surface area contributed by atoms with E-state index in [1.165, 1.54) is 29.2 Å². The molecule has 29 heavy (non-hydrogen) atoms. The minimum absolute atomic E-state index is 0.0187. The first kappa shape index (κ1) is 18.5. The van der Waals surface area contributed by atoms with Gasteiger partial charge in [-0.2, -0.15) is 13.2 Å². The first-order valence-electron chi connectivity index (χ1n) is 8.47. The molecule has 0 spiro atoms. The van der Waals surface area contributed by atoms with Crippen LogP contribution in [0.3, 0.4) is 0 Å². The van der Waals surface area contributed by atoms with Crippen molar-refractivity contribution in [3.05, 3.63) is 77.9 Å². The molecular weight excluding hydrogens is 385 g/mol. The molecule has 3 aromatic rings. The third-order valence-electron chi connectivity index (χ3n) is 4.42. The number of halogens is 3. The van der Waals surface area contributed by atoms with Crippen LogP contribution in [0, 0.1) is 0 Å². The lowest BCUT2D eigenvalue weighted by Gasteiger charge is -2.18. The SMILES string of the molecule is O=C1C(=Nc2cccc(C(F)(F)F)c2)c2ccccc2N1c1ccc(O)cc1O. The van der Waals surface area contributed by atoms with Crippen molar-refractivity contribution in [3.8, 4) is 11.5 Å². The molecule has 0 radical (unpaired) electrons. The highest BCUT2D eigenvalue weighted by Crippen LogP contribution is 2.41.